The highest BCUT2D eigenvalue weighted by molar-refractivity contribution is 5.90. The first-order valence-electron chi connectivity index (χ1n) is 11.1. The lowest BCUT2D eigenvalue weighted by molar-refractivity contribution is -0.133. The molecule has 1 unspecified atom stereocenters. The number of ether oxygens (including phenoxy) is 3. The second kappa shape index (κ2) is 10.9. The molecule has 1 atom stereocenters. The van der Waals surface area contributed by atoms with E-state index in [2.05, 4.69) is 19.2 Å². The molecule has 178 valence electrons. The molecule has 3 amide bonds. The molecule has 3 rings (SSSR count). The van der Waals surface area contributed by atoms with Crippen molar-refractivity contribution in [1.29, 1.82) is 0 Å². The lowest BCUT2D eigenvalue weighted by atomic mass is 9.99. The molecule has 1 aliphatic heterocycles. The van der Waals surface area contributed by atoms with Crippen LogP contribution >= 0.6 is 0 Å². The summed E-state index contributed by atoms with van der Waals surface area (Å²) in [6.45, 7) is 5.59. The Hall–Kier alpha value is -3.42. The van der Waals surface area contributed by atoms with Crippen LogP contribution < -0.4 is 19.5 Å². The van der Waals surface area contributed by atoms with E-state index in [0.717, 1.165) is 5.56 Å². The SMILES string of the molecule is COc1cccc(NC(=O)N2CCN(C(=O)Cc3ccc(OC)c(OC)c3)CC2C(C)C)c1. The van der Waals surface area contributed by atoms with Gasteiger partial charge in [-0.25, -0.2) is 4.79 Å². The van der Waals surface area contributed by atoms with Gasteiger partial charge >= 0.3 is 6.03 Å². The van der Waals surface area contributed by atoms with E-state index < -0.39 is 0 Å². The minimum atomic E-state index is -0.172. The molecule has 8 heteroatoms. The normalized spacial score (nSPS) is 15.9. The number of carbonyl (C=O) groups excluding carboxylic acids is 2. The van der Waals surface area contributed by atoms with Crippen molar-refractivity contribution in [3.8, 4) is 17.2 Å². The van der Waals surface area contributed by atoms with E-state index in [1.807, 2.05) is 40.1 Å². The second-order valence-corrected chi connectivity index (χ2v) is 8.37. The first-order valence-corrected chi connectivity index (χ1v) is 11.1. The van der Waals surface area contributed by atoms with Gasteiger partial charge in [-0.15, -0.1) is 0 Å². The van der Waals surface area contributed by atoms with Crippen molar-refractivity contribution in [2.75, 3.05) is 46.3 Å². The Morgan fingerprint density at radius 2 is 1.76 bits per heavy atom. The first kappa shape index (κ1) is 24.2. The first-order chi connectivity index (χ1) is 15.9. The van der Waals surface area contributed by atoms with Crippen LogP contribution in [0.5, 0.6) is 17.2 Å². The largest absolute Gasteiger partial charge is 0.497 e. The predicted octanol–water partition coefficient (Wildman–Crippen LogP) is 3.66. The van der Waals surface area contributed by atoms with Gasteiger partial charge in [0.25, 0.3) is 0 Å². The van der Waals surface area contributed by atoms with Gasteiger partial charge in [0.15, 0.2) is 11.5 Å². The lowest BCUT2D eigenvalue weighted by Gasteiger charge is -2.43. The monoisotopic (exact) mass is 455 g/mol. The van der Waals surface area contributed by atoms with E-state index in [4.69, 9.17) is 14.2 Å². The number of benzene rings is 2. The second-order valence-electron chi connectivity index (χ2n) is 8.37. The van der Waals surface area contributed by atoms with Gasteiger partial charge in [0.1, 0.15) is 5.75 Å². The van der Waals surface area contributed by atoms with Crippen LogP contribution in [0.1, 0.15) is 19.4 Å². The third kappa shape index (κ3) is 5.88. The number of carbonyl (C=O) groups is 2. The Bertz CT molecular complexity index is 978. The van der Waals surface area contributed by atoms with Crippen molar-refractivity contribution in [1.82, 2.24) is 9.80 Å². The molecular formula is C25H33N3O5. The average Bonchev–Trinajstić information content (AvgIpc) is 2.83. The number of urea groups is 1. The van der Waals surface area contributed by atoms with E-state index in [1.54, 1.807) is 33.5 Å². The molecule has 1 fully saturated rings. The van der Waals surface area contributed by atoms with Gasteiger partial charge in [-0.05, 0) is 35.7 Å². The Morgan fingerprint density at radius 1 is 1.00 bits per heavy atom. The highest BCUT2D eigenvalue weighted by atomic mass is 16.5. The van der Waals surface area contributed by atoms with Crippen molar-refractivity contribution in [2.24, 2.45) is 5.92 Å². The van der Waals surface area contributed by atoms with Crippen molar-refractivity contribution < 1.29 is 23.8 Å². The summed E-state index contributed by atoms with van der Waals surface area (Å²) in [7, 11) is 4.75. The molecule has 0 bridgehead atoms. The van der Waals surface area contributed by atoms with Crippen LogP contribution in [0, 0.1) is 5.92 Å². The van der Waals surface area contributed by atoms with Gasteiger partial charge in [0.05, 0.1) is 33.8 Å². The maximum atomic E-state index is 13.0. The number of hydrogen-bond donors (Lipinski definition) is 1. The highest BCUT2D eigenvalue weighted by Gasteiger charge is 2.34. The quantitative estimate of drug-likeness (QED) is 0.689. The summed E-state index contributed by atoms with van der Waals surface area (Å²) in [5.74, 6) is 2.13. The Morgan fingerprint density at radius 3 is 2.42 bits per heavy atom. The van der Waals surface area contributed by atoms with Crippen LogP contribution in [0.2, 0.25) is 0 Å². The molecule has 1 heterocycles. The fourth-order valence-corrected chi connectivity index (χ4v) is 4.03. The predicted molar refractivity (Wildman–Crippen MR) is 127 cm³/mol. The van der Waals surface area contributed by atoms with Gasteiger partial charge in [-0.3, -0.25) is 4.79 Å². The third-order valence-corrected chi connectivity index (χ3v) is 5.93. The van der Waals surface area contributed by atoms with Gasteiger partial charge in [0.2, 0.25) is 5.91 Å². The topological polar surface area (TPSA) is 80.3 Å². The highest BCUT2D eigenvalue weighted by Crippen LogP contribution is 2.28. The van der Waals surface area contributed by atoms with Crippen molar-refractivity contribution in [3.05, 3.63) is 48.0 Å². The Balaban J connectivity index is 1.66. The van der Waals surface area contributed by atoms with Crippen LogP contribution in [0.15, 0.2) is 42.5 Å². The minimum Gasteiger partial charge on any atom is -0.497 e. The zero-order chi connectivity index (χ0) is 24.0. The average molecular weight is 456 g/mol. The smallest absolute Gasteiger partial charge is 0.322 e. The van der Waals surface area contributed by atoms with Crippen molar-refractivity contribution in [3.63, 3.8) is 0 Å². The molecule has 1 saturated heterocycles. The fraction of sp³-hybridized carbons (Fsp3) is 0.440. The number of nitrogens with one attached hydrogen (secondary N) is 1. The molecule has 33 heavy (non-hydrogen) atoms. The Kier molecular flexibility index (Phi) is 8.03. The van der Waals surface area contributed by atoms with E-state index in [0.29, 0.717) is 42.6 Å². The molecule has 8 nitrogen and oxygen atoms in total. The zero-order valence-corrected chi connectivity index (χ0v) is 20.0. The molecule has 0 aliphatic carbocycles. The summed E-state index contributed by atoms with van der Waals surface area (Å²) in [4.78, 5) is 29.7. The van der Waals surface area contributed by atoms with Gasteiger partial charge < -0.3 is 29.3 Å². The summed E-state index contributed by atoms with van der Waals surface area (Å²) >= 11 is 0. The summed E-state index contributed by atoms with van der Waals surface area (Å²) < 4.78 is 15.9. The van der Waals surface area contributed by atoms with Crippen LogP contribution in [-0.2, 0) is 11.2 Å². The number of methoxy groups -OCH3 is 3. The van der Waals surface area contributed by atoms with Crippen LogP contribution in [0.25, 0.3) is 0 Å². The molecule has 0 aromatic heterocycles. The fourth-order valence-electron chi connectivity index (χ4n) is 4.03. The number of hydrogen-bond acceptors (Lipinski definition) is 5. The standard InChI is InChI=1S/C25H33N3O5/c1-17(2)21-16-27(24(29)14-18-9-10-22(32-4)23(13-18)33-5)11-12-28(21)25(30)26-19-7-6-8-20(15-19)31-3/h6-10,13,15,17,21H,11-12,14,16H2,1-5H3,(H,26,30). The van der Waals surface area contributed by atoms with E-state index in [-0.39, 0.29) is 30.3 Å². The van der Waals surface area contributed by atoms with Gasteiger partial charge in [-0.1, -0.05) is 26.0 Å². The molecular weight excluding hydrogens is 422 g/mol. The minimum absolute atomic E-state index is 0.0284. The maximum absolute atomic E-state index is 13.0. The molecule has 1 aliphatic rings. The number of amides is 3. The number of rotatable bonds is 7. The van der Waals surface area contributed by atoms with Gasteiger partial charge in [0, 0.05) is 31.4 Å². The van der Waals surface area contributed by atoms with Crippen LogP contribution in [0.4, 0.5) is 10.5 Å². The molecule has 0 radical (unpaired) electrons. The van der Waals surface area contributed by atoms with Crippen molar-refractivity contribution in [2.45, 2.75) is 26.3 Å². The summed E-state index contributed by atoms with van der Waals surface area (Å²) in [6.07, 6.45) is 0.265. The zero-order valence-electron chi connectivity index (χ0n) is 20.0. The number of nitrogens with zero attached hydrogens (tertiary/aromatic N) is 2. The molecule has 2 aromatic carbocycles. The molecule has 0 spiro atoms. The summed E-state index contributed by atoms with van der Waals surface area (Å²) in [5.41, 5.74) is 1.53. The number of piperazine rings is 1. The molecule has 0 saturated carbocycles. The van der Waals surface area contributed by atoms with E-state index >= 15 is 0 Å². The molecule has 1 N–H and O–H groups in total. The maximum Gasteiger partial charge on any atom is 0.322 e. The van der Waals surface area contributed by atoms with Crippen LogP contribution in [0.3, 0.4) is 0 Å². The van der Waals surface area contributed by atoms with Crippen molar-refractivity contribution >= 4 is 17.6 Å². The van der Waals surface area contributed by atoms with E-state index in [1.165, 1.54) is 0 Å². The summed E-state index contributed by atoms with van der Waals surface area (Å²) in [5, 5.41) is 2.96. The lowest BCUT2D eigenvalue weighted by Crippen LogP contribution is -2.59. The third-order valence-electron chi connectivity index (χ3n) is 5.93. The van der Waals surface area contributed by atoms with Gasteiger partial charge in [-0.2, -0.15) is 0 Å². The van der Waals surface area contributed by atoms with Crippen LogP contribution in [-0.4, -0.2) is 68.7 Å². The summed E-state index contributed by atoms with van der Waals surface area (Å²) in [6, 6.07) is 12.5. The Labute approximate surface area is 195 Å². The van der Waals surface area contributed by atoms with E-state index in [9.17, 15) is 9.59 Å². The number of anilines is 1. The molecule has 2 aromatic rings.